The Morgan fingerprint density at radius 3 is 2.71 bits per heavy atom. The van der Waals surface area contributed by atoms with E-state index < -0.39 is 4.92 Å². The lowest BCUT2D eigenvalue weighted by atomic mass is 10.1. The summed E-state index contributed by atoms with van der Waals surface area (Å²) in [6, 6.07) is 4.14. The Balaban J connectivity index is 3.31. The minimum atomic E-state index is -0.598. The van der Waals surface area contributed by atoms with Crippen LogP contribution in [0.1, 0.15) is 5.56 Å². The second-order valence-corrected chi connectivity index (χ2v) is 2.55. The lowest BCUT2D eigenvalue weighted by molar-refractivity contribution is -0.385. The molecule has 0 aliphatic heterocycles. The van der Waals surface area contributed by atoms with Crippen molar-refractivity contribution >= 4 is 11.5 Å². The van der Waals surface area contributed by atoms with Gasteiger partial charge in [0, 0.05) is 0 Å². The Morgan fingerprint density at radius 1 is 1.64 bits per heavy atom. The van der Waals surface area contributed by atoms with Gasteiger partial charge in [0.05, 0.1) is 23.7 Å². The maximum atomic E-state index is 10.6. The van der Waals surface area contributed by atoms with Crippen molar-refractivity contribution in [3.63, 3.8) is 0 Å². The molecule has 0 aliphatic carbocycles. The zero-order valence-corrected chi connectivity index (χ0v) is 7.48. The van der Waals surface area contributed by atoms with Crippen LogP contribution < -0.4 is 10.5 Å². The summed E-state index contributed by atoms with van der Waals surface area (Å²) in [6.07, 6.45) is 0. The topological polar surface area (TPSA) is 102 Å². The van der Waals surface area contributed by atoms with Gasteiger partial charge in [0.2, 0.25) is 0 Å². The largest absolute Gasteiger partial charge is 0.497 e. The number of nitro benzene ring substituents is 1. The first-order valence-electron chi connectivity index (χ1n) is 3.73. The maximum Gasteiger partial charge on any atom is 0.283 e. The van der Waals surface area contributed by atoms with Gasteiger partial charge in [-0.25, -0.2) is 0 Å². The highest BCUT2D eigenvalue weighted by Crippen LogP contribution is 2.23. The Bertz CT molecular complexity index is 389. The standard InChI is InChI=1S/C8H9N3O3/c1-14-5-2-3-6(8(9)10)7(4-5)11(12)13/h2-4H,1H3,(H3,9,10). The van der Waals surface area contributed by atoms with Crippen LogP contribution in [0.15, 0.2) is 18.2 Å². The quantitative estimate of drug-likeness (QED) is 0.323. The van der Waals surface area contributed by atoms with E-state index in [4.69, 9.17) is 15.9 Å². The molecule has 0 saturated carbocycles. The predicted octanol–water partition coefficient (Wildman–Crippen LogP) is 0.887. The molecule has 0 saturated heterocycles. The molecule has 1 aromatic carbocycles. The van der Waals surface area contributed by atoms with Crippen LogP contribution in [0, 0.1) is 15.5 Å². The number of benzene rings is 1. The highest BCUT2D eigenvalue weighted by molar-refractivity contribution is 5.99. The molecule has 0 atom stereocenters. The number of nitro groups is 1. The molecule has 0 radical (unpaired) electrons. The van der Waals surface area contributed by atoms with Crippen LogP contribution in [-0.4, -0.2) is 17.9 Å². The Labute approximate surface area is 80.0 Å². The summed E-state index contributed by atoms with van der Waals surface area (Å²) in [5.74, 6) is 0.0288. The van der Waals surface area contributed by atoms with Crippen molar-refractivity contribution in [1.82, 2.24) is 0 Å². The van der Waals surface area contributed by atoms with Crippen molar-refractivity contribution in [1.29, 1.82) is 5.41 Å². The van der Waals surface area contributed by atoms with Gasteiger partial charge in [-0.3, -0.25) is 15.5 Å². The number of nitrogens with zero attached hydrogens (tertiary/aromatic N) is 1. The van der Waals surface area contributed by atoms with Crippen LogP contribution in [0.5, 0.6) is 5.75 Å². The fourth-order valence-electron chi connectivity index (χ4n) is 1.02. The normalized spacial score (nSPS) is 9.50. The number of amidine groups is 1. The van der Waals surface area contributed by atoms with E-state index in [9.17, 15) is 10.1 Å². The Morgan fingerprint density at radius 2 is 2.29 bits per heavy atom. The predicted molar refractivity (Wildman–Crippen MR) is 50.7 cm³/mol. The van der Waals surface area contributed by atoms with Gasteiger partial charge in [-0.2, -0.15) is 0 Å². The first-order chi connectivity index (χ1) is 6.56. The maximum absolute atomic E-state index is 10.6. The minimum absolute atomic E-state index is 0.0933. The SMILES string of the molecule is COc1ccc(C(=N)N)c([N+](=O)[O-])c1. The van der Waals surface area contributed by atoms with Gasteiger partial charge in [-0.1, -0.05) is 0 Å². The zero-order chi connectivity index (χ0) is 10.7. The molecule has 74 valence electrons. The molecule has 6 heteroatoms. The number of nitrogen functional groups attached to an aromatic ring is 1. The summed E-state index contributed by atoms with van der Waals surface area (Å²) in [4.78, 5) is 9.99. The average Bonchev–Trinajstić information content (AvgIpc) is 2.16. The van der Waals surface area contributed by atoms with Crippen molar-refractivity contribution < 1.29 is 9.66 Å². The second kappa shape index (κ2) is 3.73. The van der Waals surface area contributed by atoms with Crippen molar-refractivity contribution in [2.75, 3.05) is 7.11 Å². The first-order valence-corrected chi connectivity index (χ1v) is 3.73. The molecule has 0 amide bonds. The fourth-order valence-corrected chi connectivity index (χ4v) is 1.02. The van der Waals surface area contributed by atoms with E-state index >= 15 is 0 Å². The molecule has 1 aromatic rings. The third-order valence-electron chi connectivity index (χ3n) is 1.69. The first kappa shape index (κ1) is 9.97. The van der Waals surface area contributed by atoms with E-state index in [1.165, 1.54) is 25.3 Å². The molecule has 0 aromatic heterocycles. The van der Waals surface area contributed by atoms with E-state index in [-0.39, 0.29) is 17.1 Å². The minimum Gasteiger partial charge on any atom is -0.497 e. The van der Waals surface area contributed by atoms with Gasteiger partial charge in [0.15, 0.2) is 0 Å². The van der Waals surface area contributed by atoms with Gasteiger partial charge in [-0.15, -0.1) is 0 Å². The number of hydrogen-bond donors (Lipinski definition) is 2. The zero-order valence-electron chi connectivity index (χ0n) is 7.48. The second-order valence-electron chi connectivity index (χ2n) is 2.55. The molecular weight excluding hydrogens is 186 g/mol. The fraction of sp³-hybridized carbons (Fsp3) is 0.125. The monoisotopic (exact) mass is 195 g/mol. The van der Waals surface area contributed by atoms with Gasteiger partial charge in [0.1, 0.15) is 11.6 Å². The van der Waals surface area contributed by atoms with Crippen LogP contribution in [-0.2, 0) is 0 Å². The van der Waals surface area contributed by atoms with Crippen LogP contribution in [0.25, 0.3) is 0 Å². The molecule has 0 heterocycles. The summed E-state index contributed by atoms with van der Waals surface area (Å²) in [5, 5.41) is 17.7. The third-order valence-corrected chi connectivity index (χ3v) is 1.69. The third kappa shape index (κ3) is 1.79. The highest BCUT2D eigenvalue weighted by atomic mass is 16.6. The molecule has 1 rings (SSSR count). The molecule has 0 fully saturated rings. The van der Waals surface area contributed by atoms with E-state index in [1.807, 2.05) is 0 Å². The number of hydrogen-bond acceptors (Lipinski definition) is 4. The number of nitrogens with one attached hydrogen (secondary N) is 1. The summed E-state index contributed by atoms with van der Waals surface area (Å²) < 4.78 is 4.82. The Kier molecular flexibility index (Phi) is 2.66. The lowest BCUT2D eigenvalue weighted by Gasteiger charge is -2.03. The molecule has 0 bridgehead atoms. The van der Waals surface area contributed by atoms with Crippen molar-refractivity contribution in [3.05, 3.63) is 33.9 Å². The summed E-state index contributed by atoms with van der Waals surface area (Å²) >= 11 is 0. The molecule has 14 heavy (non-hydrogen) atoms. The van der Waals surface area contributed by atoms with E-state index in [0.717, 1.165) is 0 Å². The van der Waals surface area contributed by atoms with E-state index in [2.05, 4.69) is 0 Å². The van der Waals surface area contributed by atoms with E-state index in [1.54, 1.807) is 0 Å². The van der Waals surface area contributed by atoms with Gasteiger partial charge in [0.25, 0.3) is 5.69 Å². The van der Waals surface area contributed by atoms with Crippen molar-refractivity contribution in [3.8, 4) is 5.75 Å². The average molecular weight is 195 g/mol. The molecule has 6 nitrogen and oxygen atoms in total. The van der Waals surface area contributed by atoms with Gasteiger partial charge < -0.3 is 10.5 Å². The molecule has 3 N–H and O–H groups in total. The smallest absolute Gasteiger partial charge is 0.283 e. The summed E-state index contributed by atoms with van der Waals surface area (Å²) in [6.45, 7) is 0. The number of rotatable bonds is 3. The van der Waals surface area contributed by atoms with Crippen molar-refractivity contribution in [2.45, 2.75) is 0 Å². The van der Waals surface area contributed by atoms with Crippen molar-refractivity contribution in [2.24, 2.45) is 5.73 Å². The van der Waals surface area contributed by atoms with Crippen LogP contribution in [0.3, 0.4) is 0 Å². The highest BCUT2D eigenvalue weighted by Gasteiger charge is 2.16. The van der Waals surface area contributed by atoms with Gasteiger partial charge >= 0.3 is 0 Å². The molecular formula is C8H9N3O3. The summed E-state index contributed by atoms with van der Waals surface area (Å²) in [5.41, 5.74) is 5.05. The van der Waals surface area contributed by atoms with Crippen LogP contribution in [0.2, 0.25) is 0 Å². The molecule has 0 spiro atoms. The Hall–Kier alpha value is -2.11. The number of ether oxygens (including phenoxy) is 1. The number of methoxy groups -OCH3 is 1. The van der Waals surface area contributed by atoms with Gasteiger partial charge in [-0.05, 0) is 12.1 Å². The lowest BCUT2D eigenvalue weighted by Crippen LogP contribution is -2.13. The van der Waals surface area contributed by atoms with Crippen LogP contribution >= 0.6 is 0 Å². The molecule has 0 unspecified atom stereocenters. The number of nitrogens with two attached hydrogens (primary N) is 1. The molecule has 0 aliphatic rings. The van der Waals surface area contributed by atoms with E-state index in [0.29, 0.717) is 5.75 Å². The van der Waals surface area contributed by atoms with Crippen LogP contribution in [0.4, 0.5) is 5.69 Å². The summed E-state index contributed by atoms with van der Waals surface area (Å²) in [7, 11) is 1.41.